The van der Waals surface area contributed by atoms with Crippen LogP contribution in [0.15, 0.2) is 24.3 Å². The minimum absolute atomic E-state index is 0.0923. The summed E-state index contributed by atoms with van der Waals surface area (Å²) in [4.78, 5) is 95.4. The van der Waals surface area contributed by atoms with Crippen LogP contribution in [0.25, 0.3) is 0 Å². The molecule has 0 aliphatic heterocycles. The number of carbonyl (C=O) groups excluding carboxylic acids is 4. The van der Waals surface area contributed by atoms with Gasteiger partial charge in [-0.1, -0.05) is 0 Å². The first kappa shape index (κ1) is 62.7. The second kappa shape index (κ2) is 29.5. The molecule has 4 amide bonds. The van der Waals surface area contributed by atoms with Gasteiger partial charge in [-0.2, -0.15) is 0 Å². The Morgan fingerprint density at radius 2 is 0.567 bits per heavy atom. The number of carboxylic acids is 4. The van der Waals surface area contributed by atoms with Crippen LogP contribution in [0.1, 0.15) is 67.1 Å². The van der Waals surface area contributed by atoms with Crippen LogP contribution in [0.3, 0.4) is 0 Å². The van der Waals surface area contributed by atoms with Gasteiger partial charge in [0, 0.05) is 41.4 Å². The van der Waals surface area contributed by atoms with E-state index < -0.39 is 48.9 Å². The number of carboxylic acid groups (broad SMARTS) is 4. The van der Waals surface area contributed by atoms with Crippen molar-refractivity contribution in [3.05, 3.63) is 89.4 Å². The molecule has 0 heterocycles. The Balaban J connectivity index is 0.000000355. The van der Waals surface area contributed by atoms with Crippen LogP contribution in [-0.4, -0.2) is 81.1 Å². The van der Waals surface area contributed by atoms with Gasteiger partial charge in [0.15, 0.2) is 0 Å². The Labute approximate surface area is 544 Å². The zero-order chi connectivity index (χ0) is 50.8. The summed E-state index contributed by atoms with van der Waals surface area (Å²) in [6.45, 7) is -0.871. The van der Waals surface area contributed by atoms with Crippen molar-refractivity contribution in [3.63, 3.8) is 0 Å². The van der Waals surface area contributed by atoms with Crippen molar-refractivity contribution < 1.29 is 63.5 Å². The molecular weight excluding hydrogens is 2240 g/mol. The number of anilines is 4. The molecule has 0 aliphatic carbocycles. The molecule has 4 rings (SSSR count). The van der Waals surface area contributed by atoms with Crippen molar-refractivity contribution in [2.45, 2.75) is 25.7 Å². The second-order valence-corrected chi connectivity index (χ2v) is 26.3. The van der Waals surface area contributed by atoms with E-state index in [0.29, 0.717) is 71.3 Å². The molecule has 0 saturated carbocycles. The molecule has 0 spiro atoms. The third-order valence-electron chi connectivity index (χ3n) is 8.12. The van der Waals surface area contributed by atoms with Crippen LogP contribution in [0.4, 0.5) is 22.7 Å². The minimum atomic E-state index is -1.10. The van der Waals surface area contributed by atoms with Gasteiger partial charge < -0.3 is 46.4 Å². The van der Waals surface area contributed by atoms with Gasteiger partial charge in [0.05, 0.1) is 59.3 Å². The van der Waals surface area contributed by atoms with Gasteiger partial charge in [-0.25, -0.2) is 19.2 Å². The van der Waals surface area contributed by atoms with Gasteiger partial charge in [0.1, 0.15) is 13.2 Å². The van der Waals surface area contributed by atoms with E-state index in [-0.39, 0.29) is 46.9 Å². The van der Waals surface area contributed by atoms with E-state index in [2.05, 4.69) is 66.4 Å². The Hall–Kier alpha value is 1.36. The van der Waals surface area contributed by atoms with Crippen molar-refractivity contribution in [2.75, 3.05) is 34.5 Å². The second-order valence-electron chi connectivity index (χ2n) is 12.7. The summed E-state index contributed by atoms with van der Waals surface area (Å²) in [5.41, 5.74) is 2.15. The highest BCUT2D eigenvalue weighted by Crippen LogP contribution is 2.35. The van der Waals surface area contributed by atoms with Crippen molar-refractivity contribution in [1.82, 2.24) is 0 Å². The Morgan fingerprint density at radius 3 is 0.776 bits per heavy atom. The molecule has 67 heavy (non-hydrogen) atoms. The lowest BCUT2D eigenvalue weighted by atomic mass is 10.1. The smallest absolute Gasteiger partial charge is 0.337 e. The Morgan fingerprint density at radius 1 is 0.358 bits per heavy atom. The largest absolute Gasteiger partial charge is 0.478 e. The van der Waals surface area contributed by atoms with Crippen molar-refractivity contribution in [2.24, 2.45) is 0 Å². The molecule has 0 fully saturated rings. The maximum absolute atomic E-state index is 12.4. The molecular formula is C38H24I12N4O13. The van der Waals surface area contributed by atoms with E-state index in [1.165, 1.54) is 0 Å². The van der Waals surface area contributed by atoms with E-state index in [4.69, 9.17) is 4.74 Å². The van der Waals surface area contributed by atoms with Gasteiger partial charge in [0.2, 0.25) is 23.6 Å². The number of hydrogen-bond donors (Lipinski definition) is 8. The third kappa shape index (κ3) is 18.0. The molecule has 4 aromatic rings. The van der Waals surface area contributed by atoms with E-state index >= 15 is 0 Å². The first-order chi connectivity index (χ1) is 31.2. The molecule has 0 saturated heterocycles. The maximum Gasteiger partial charge on any atom is 0.337 e. The predicted octanol–water partition coefficient (Wildman–Crippen LogP) is 12.2. The lowest BCUT2D eigenvalue weighted by molar-refractivity contribution is -0.125. The highest BCUT2D eigenvalue weighted by atomic mass is 127. The van der Waals surface area contributed by atoms with Gasteiger partial charge in [-0.05, 0) is 308 Å². The van der Waals surface area contributed by atoms with Gasteiger partial charge in [-0.3, -0.25) is 19.2 Å². The van der Waals surface area contributed by atoms with Crippen LogP contribution in [0.2, 0.25) is 0 Å². The molecule has 0 atom stereocenters. The Bertz CT molecular complexity index is 2540. The summed E-state index contributed by atoms with van der Waals surface area (Å²) in [7, 11) is 0. The predicted molar refractivity (Wildman–Crippen MR) is 350 cm³/mol. The molecule has 4 aromatic carbocycles. The lowest BCUT2D eigenvalue weighted by Gasteiger charge is -2.14. The summed E-state index contributed by atoms with van der Waals surface area (Å²) < 4.78 is 12.0. The van der Waals surface area contributed by atoms with Gasteiger partial charge >= 0.3 is 23.9 Å². The molecule has 0 aromatic heterocycles. The number of aromatic carboxylic acids is 4. The number of halogens is 12. The molecule has 0 radical (unpaired) electrons. The first-order valence-electron chi connectivity index (χ1n) is 17.6. The average molecular weight is 2270 g/mol. The zero-order valence-electron chi connectivity index (χ0n) is 32.6. The SMILES string of the molecule is O=C(CCCCC(=O)Nc1c(I)cc(I)c(C(=O)O)c1I)Nc1c(I)cc(I)c(C(=O)O)c1I.O=C(COCC(=O)Nc1c(I)cc(I)c(C(=O)O)c1I)Nc1c(I)cc(I)c(C(=O)O)c1I. The monoisotopic (exact) mass is 2270 g/mol. The molecule has 17 nitrogen and oxygen atoms in total. The highest BCUT2D eigenvalue weighted by molar-refractivity contribution is 14.1. The number of carbonyl (C=O) groups is 8. The number of benzene rings is 4. The summed E-state index contributed by atoms with van der Waals surface area (Å²) in [5.74, 6) is -5.95. The first-order valence-corrected chi connectivity index (χ1v) is 30.5. The molecule has 0 bridgehead atoms. The molecule has 8 N–H and O–H groups in total. The van der Waals surface area contributed by atoms with Crippen LogP contribution < -0.4 is 21.3 Å². The summed E-state index contributed by atoms with van der Waals surface area (Å²) >= 11 is 23.4. The molecule has 0 unspecified atom stereocenters. The van der Waals surface area contributed by atoms with Crippen LogP contribution >= 0.6 is 271 Å². The Kier molecular flexibility index (Phi) is 27.5. The number of rotatable bonds is 17. The third-order valence-corrected chi connectivity index (χ3v) is 19.2. The molecule has 29 heteroatoms. The highest BCUT2D eigenvalue weighted by Gasteiger charge is 2.25. The number of unbranched alkanes of at least 4 members (excludes halogenated alkanes) is 1. The standard InChI is InChI=1S/C20H14I6N2O6.C18H10I6N2O7/c21-7-5-9(23)17(15(25)13(7)19(31)32)27-11(29)3-1-2-4-12(30)28-18-10(24)6-8(22)14(16(18)26)20(33)34;19-5-1-7(21)15(13(23)11(5)17(29)30)25-9(27)3-33-4-10(28)26-16-8(22)2-6(20)12(14(16)24)18(31)32/h5-6H,1-4H2,(H,27,29)(H,28,30)(H,31,32)(H,33,34);1-2H,3-4H2,(H,25,27)(H,26,28)(H,29,30)(H,31,32). The summed E-state index contributed by atoms with van der Waals surface area (Å²) in [6.07, 6.45) is 1.28. The zero-order valence-corrected chi connectivity index (χ0v) is 58.4. The number of hydrogen-bond acceptors (Lipinski definition) is 9. The van der Waals surface area contributed by atoms with E-state index in [1.807, 2.05) is 226 Å². The molecule has 358 valence electrons. The van der Waals surface area contributed by atoms with Crippen LogP contribution in [-0.2, 0) is 23.9 Å². The summed E-state index contributed by atoms with van der Waals surface area (Å²) in [5, 5.41) is 48.5. The van der Waals surface area contributed by atoms with E-state index in [0.717, 1.165) is 7.14 Å². The number of nitrogens with one attached hydrogen (secondary N) is 4. The number of ether oxygens (including phenoxy) is 1. The van der Waals surface area contributed by atoms with Crippen LogP contribution in [0, 0.1) is 42.8 Å². The fourth-order valence-electron chi connectivity index (χ4n) is 5.17. The van der Waals surface area contributed by atoms with Crippen molar-refractivity contribution in [1.29, 1.82) is 0 Å². The average Bonchev–Trinajstić information content (AvgIpc) is 3.19. The quantitative estimate of drug-likeness (QED) is 0.0361. The topological polar surface area (TPSA) is 275 Å². The lowest BCUT2D eigenvalue weighted by Crippen LogP contribution is -2.25. The fraction of sp³-hybridized carbons (Fsp3) is 0.158. The molecule has 0 aliphatic rings. The van der Waals surface area contributed by atoms with E-state index in [1.54, 1.807) is 24.3 Å². The van der Waals surface area contributed by atoms with E-state index in [9.17, 15) is 58.8 Å². The van der Waals surface area contributed by atoms with Gasteiger partial charge in [-0.15, -0.1) is 0 Å². The maximum atomic E-state index is 12.4. The van der Waals surface area contributed by atoms with Crippen LogP contribution in [0.5, 0.6) is 0 Å². The van der Waals surface area contributed by atoms with Gasteiger partial charge in [0.25, 0.3) is 0 Å². The van der Waals surface area contributed by atoms with Crippen molar-refractivity contribution in [3.8, 4) is 0 Å². The minimum Gasteiger partial charge on any atom is -0.478 e. The fourth-order valence-corrected chi connectivity index (χ4v) is 21.6. The summed E-state index contributed by atoms with van der Waals surface area (Å²) in [6, 6.07) is 6.70. The van der Waals surface area contributed by atoms with Crippen molar-refractivity contribution >= 4 is 341 Å². The number of amides is 4. The normalized spacial score (nSPS) is 10.6.